The second-order valence-corrected chi connectivity index (χ2v) is 8.22. The first-order chi connectivity index (χ1) is 14.6. The first-order valence-corrected chi connectivity index (χ1v) is 10.6. The second-order valence-electron chi connectivity index (χ2n) is 7.27. The molecular formula is C24H19N3O2S. The number of pyridine rings is 1. The summed E-state index contributed by atoms with van der Waals surface area (Å²) in [6.45, 7) is 2.26. The lowest BCUT2D eigenvalue weighted by molar-refractivity contribution is -0.116. The molecule has 5 nitrogen and oxygen atoms in total. The third kappa shape index (κ3) is 3.25. The van der Waals surface area contributed by atoms with Crippen LogP contribution in [-0.2, 0) is 11.2 Å². The van der Waals surface area contributed by atoms with Crippen LogP contribution in [0.5, 0.6) is 0 Å². The zero-order valence-electron chi connectivity index (χ0n) is 16.4. The summed E-state index contributed by atoms with van der Waals surface area (Å²) in [4.78, 5) is 32.5. The summed E-state index contributed by atoms with van der Waals surface area (Å²) in [6, 6.07) is 19.2. The molecule has 148 valence electrons. The van der Waals surface area contributed by atoms with Gasteiger partial charge in [0, 0.05) is 30.2 Å². The predicted octanol–water partition coefficient (Wildman–Crippen LogP) is 5.12. The van der Waals surface area contributed by atoms with Crippen molar-refractivity contribution in [1.29, 1.82) is 0 Å². The second kappa shape index (κ2) is 7.39. The quantitative estimate of drug-likeness (QED) is 0.507. The Hall–Kier alpha value is -3.51. The molecule has 0 saturated heterocycles. The average molecular weight is 414 g/mol. The lowest BCUT2D eigenvalue weighted by Crippen LogP contribution is -2.25. The van der Waals surface area contributed by atoms with Crippen LogP contribution in [-0.4, -0.2) is 23.3 Å². The molecule has 4 aromatic rings. The summed E-state index contributed by atoms with van der Waals surface area (Å²) in [7, 11) is 0. The fraction of sp³-hybridized carbons (Fsp3) is 0.125. The van der Waals surface area contributed by atoms with Gasteiger partial charge in [0.2, 0.25) is 5.91 Å². The van der Waals surface area contributed by atoms with Crippen molar-refractivity contribution in [3.05, 3.63) is 77.2 Å². The van der Waals surface area contributed by atoms with Gasteiger partial charge in [-0.25, -0.2) is 4.98 Å². The standard InChI is InChI=1S/C24H19N3O2S/c1-15(28)27-11-10-16-13-17(8-9-22(16)27)25-24(29)19-14-21(23-7-4-12-30-23)26-20-6-3-2-5-18(19)20/h2-9,12-14H,10-11H2,1H3,(H,25,29). The van der Waals surface area contributed by atoms with E-state index in [-0.39, 0.29) is 11.8 Å². The Bertz CT molecular complexity index is 1280. The van der Waals surface area contributed by atoms with Crippen LogP contribution < -0.4 is 10.2 Å². The van der Waals surface area contributed by atoms with Crippen LogP contribution in [0.4, 0.5) is 11.4 Å². The molecule has 2 aromatic heterocycles. The molecule has 1 N–H and O–H groups in total. The van der Waals surface area contributed by atoms with E-state index in [2.05, 4.69) is 5.32 Å². The fourth-order valence-electron chi connectivity index (χ4n) is 3.92. The first kappa shape index (κ1) is 18.5. The average Bonchev–Trinajstić information content (AvgIpc) is 3.42. The molecule has 6 heteroatoms. The number of rotatable bonds is 3. The van der Waals surface area contributed by atoms with E-state index in [0.29, 0.717) is 12.1 Å². The zero-order chi connectivity index (χ0) is 20.7. The molecule has 0 unspecified atom stereocenters. The van der Waals surface area contributed by atoms with Crippen molar-refractivity contribution in [1.82, 2.24) is 4.98 Å². The highest BCUT2D eigenvalue weighted by Gasteiger charge is 2.22. The van der Waals surface area contributed by atoms with Crippen molar-refractivity contribution in [2.45, 2.75) is 13.3 Å². The topological polar surface area (TPSA) is 62.3 Å². The Morgan fingerprint density at radius 3 is 2.73 bits per heavy atom. The van der Waals surface area contributed by atoms with Gasteiger partial charge in [-0.3, -0.25) is 9.59 Å². The third-order valence-corrected chi connectivity index (χ3v) is 6.24. The molecule has 0 fully saturated rings. The number of nitrogens with one attached hydrogen (secondary N) is 1. The number of benzene rings is 2. The number of hydrogen-bond acceptors (Lipinski definition) is 4. The Kier molecular flexibility index (Phi) is 4.56. The molecule has 2 aromatic carbocycles. The summed E-state index contributed by atoms with van der Waals surface area (Å²) in [5.74, 6) is -0.136. The van der Waals surface area contributed by atoms with Gasteiger partial charge in [0.1, 0.15) is 0 Å². The maximum absolute atomic E-state index is 13.2. The van der Waals surface area contributed by atoms with E-state index in [1.54, 1.807) is 23.2 Å². The number of thiophene rings is 1. The predicted molar refractivity (Wildman–Crippen MR) is 121 cm³/mol. The highest BCUT2D eigenvalue weighted by atomic mass is 32.1. The molecule has 30 heavy (non-hydrogen) atoms. The Morgan fingerprint density at radius 1 is 1.07 bits per heavy atom. The monoisotopic (exact) mass is 413 g/mol. The van der Waals surface area contributed by atoms with Gasteiger partial charge in [-0.2, -0.15) is 0 Å². The van der Waals surface area contributed by atoms with Crippen LogP contribution in [0.2, 0.25) is 0 Å². The van der Waals surface area contributed by atoms with Crippen LogP contribution in [0.3, 0.4) is 0 Å². The largest absolute Gasteiger partial charge is 0.322 e. The third-order valence-electron chi connectivity index (χ3n) is 5.35. The number of hydrogen-bond donors (Lipinski definition) is 1. The molecule has 0 aliphatic carbocycles. The summed E-state index contributed by atoms with van der Waals surface area (Å²) < 4.78 is 0. The highest BCUT2D eigenvalue weighted by Crippen LogP contribution is 2.32. The van der Waals surface area contributed by atoms with Crippen molar-refractivity contribution >= 4 is 45.4 Å². The maximum Gasteiger partial charge on any atom is 0.256 e. The van der Waals surface area contributed by atoms with E-state index in [9.17, 15) is 9.59 Å². The molecule has 0 bridgehead atoms. The summed E-state index contributed by atoms with van der Waals surface area (Å²) >= 11 is 1.60. The van der Waals surface area contributed by atoms with E-state index in [1.165, 1.54) is 0 Å². The molecular weight excluding hydrogens is 394 g/mol. The van der Waals surface area contributed by atoms with E-state index in [4.69, 9.17) is 4.98 Å². The SMILES string of the molecule is CC(=O)N1CCc2cc(NC(=O)c3cc(-c4cccs4)nc4ccccc34)ccc21. The summed E-state index contributed by atoms with van der Waals surface area (Å²) in [5, 5.41) is 5.85. The van der Waals surface area contributed by atoms with Crippen LogP contribution >= 0.6 is 11.3 Å². The lowest BCUT2D eigenvalue weighted by atomic mass is 10.1. The Morgan fingerprint density at radius 2 is 1.93 bits per heavy atom. The van der Waals surface area contributed by atoms with Gasteiger partial charge in [-0.1, -0.05) is 24.3 Å². The van der Waals surface area contributed by atoms with Gasteiger partial charge in [0.25, 0.3) is 5.91 Å². The van der Waals surface area contributed by atoms with Crippen molar-refractivity contribution < 1.29 is 9.59 Å². The molecule has 1 aliphatic rings. The van der Waals surface area contributed by atoms with E-state index >= 15 is 0 Å². The molecule has 0 radical (unpaired) electrons. The van der Waals surface area contributed by atoms with E-state index in [1.807, 2.05) is 66.0 Å². The minimum Gasteiger partial charge on any atom is -0.322 e. The van der Waals surface area contributed by atoms with Crippen LogP contribution in [0.1, 0.15) is 22.8 Å². The highest BCUT2D eigenvalue weighted by molar-refractivity contribution is 7.13. The summed E-state index contributed by atoms with van der Waals surface area (Å²) in [6.07, 6.45) is 0.791. The van der Waals surface area contributed by atoms with E-state index < -0.39 is 0 Å². The molecule has 0 saturated carbocycles. The van der Waals surface area contributed by atoms with Gasteiger partial charge in [-0.15, -0.1) is 11.3 Å². The number of fused-ring (bicyclic) bond motifs is 2. The van der Waals surface area contributed by atoms with Gasteiger partial charge in [0.05, 0.1) is 21.7 Å². The minimum atomic E-state index is -0.173. The fourth-order valence-corrected chi connectivity index (χ4v) is 4.61. The normalized spacial score (nSPS) is 12.8. The number of para-hydroxylation sites is 1. The first-order valence-electron chi connectivity index (χ1n) is 9.76. The van der Waals surface area contributed by atoms with Gasteiger partial charge < -0.3 is 10.2 Å². The van der Waals surface area contributed by atoms with Crippen LogP contribution in [0.15, 0.2) is 66.0 Å². The lowest BCUT2D eigenvalue weighted by Gasteiger charge is -2.15. The number of carbonyl (C=O) groups is 2. The van der Waals surface area contributed by atoms with Crippen LogP contribution in [0, 0.1) is 0 Å². The number of aromatic nitrogens is 1. The zero-order valence-corrected chi connectivity index (χ0v) is 17.2. The van der Waals surface area contributed by atoms with Crippen molar-refractivity contribution in [3.8, 4) is 10.6 Å². The van der Waals surface area contributed by atoms with Crippen molar-refractivity contribution in [2.75, 3.05) is 16.8 Å². The van der Waals surface area contributed by atoms with E-state index in [0.717, 1.165) is 44.8 Å². The Labute approximate surface area is 178 Å². The number of amides is 2. The minimum absolute atomic E-state index is 0.0369. The number of anilines is 2. The Balaban J connectivity index is 1.50. The van der Waals surface area contributed by atoms with Crippen molar-refractivity contribution in [3.63, 3.8) is 0 Å². The van der Waals surface area contributed by atoms with Gasteiger partial charge in [-0.05, 0) is 53.8 Å². The van der Waals surface area contributed by atoms with Crippen LogP contribution in [0.25, 0.3) is 21.5 Å². The van der Waals surface area contributed by atoms with Gasteiger partial charge >= 0.3 is 0 Å². The molecule has 0 atom stereocenters. The molecule has 0 spiro atoms. The number of carbonyl (C=O) groups excluding carboxylic acids is 2. The molecule has 2 amide bonds. The number of nitrogens with zero attached hydrogens (tertiary/aromatic N) is 2. The molecule has 3 heterocycles. The summed E-state index contributed by atoms with van der Waals surface area (Å²) in [5.41, 5.74) is 4.90. The van der Waals surface area contributed by atoms with Gasteiger partial charge in [0.15, 0.2) is 0 Å². The smallest absolute Gasteiger partial charge is 0.256 e. The van der Waals surface area contributed by atoms with Crippen molar-refractivity contribution in [2.24, 2.45) is 0 Å². The maximum atomic E-state index is 13.2. The molecule has 5 rings (SSSR count). The molecule has 1 aliphatic heterocycles.